The lowest BCUT2D eigenvalue weighted by atomic mass is 10.1. The molecule has 0 N–H and O–H groups in total. The quantitative estimate of drug-likeness (QED) is 0.281. The zero-order valence-electron chi connectivity index (χ0n) is 19.1. The van der Waals surface area contributed by atoms with Crippen LogP contribution in [0.25, 0.3) is 0 Å². The molecule has 3 rings (SSSR count). The molecule has 1 saturated carbocycles. The van der Waals surface area contributed by atoms with Crippen LogP contribution in [0.15, 0.2) is 38.8 Å². The molecule has 1 aromatic carbocycles. The van der Waals surface area contributed by atoms with Gasteiger partial charge in [0.05, 0.1) is 0 Å². The van der Waals surface area contributed by atoms with Crippen molar-refractivity contribution in [3.05, 3.63) is 55.7 Å². The molecule has 1 heterocycles. The highest BCUT2D eigenvalue weighted by molar-refractivity contribution is 6.30. The SMILES string of the molecule is C=Nc1c(N(COCCC2CCCC2)Cc2ccc(Cl)cc2)c(=O)n(CCC)c(=O)n1C. The van der Waals surface area contributed by atoms with Gasteiger partial charge in [-0.2, -0.15) is 0 Å². The van der Waals surface area contributed by atoms with Gasteiger partial charge in [0.2, 0.25) is 0 Å². The van der Waals surface area contributed by atoms with E-state index in [0.29, 0.717) is 36.8 Å². The fraction of sp³-hybridized carbons (Fsp3) is 0.542. The molecular formula is C24H33ClN4O3. The van der Waals surface area contributed by atoms with Crippen molar-refractivity contribution >= 4 is 29.8 Å². The third-order valence-corrected chi connectivity index (χ3v) is 6.34. The first-order valence-electron chi connectivity index (χ1n) is 11.3. The lowest BCUT2D eigenvalue weighted by molar-refractivity contribution is 0.119. The van der Waals surface area contributed by atoms with E-state index in [1.165, 1.54) is 34.8 Å². The second kappa shape index (κ2) is 11.5. The first-order chi connectivity index (χ1) is 15.5. The van der Waals surface area contributed by atoms with Gasteiger partial charge in [-0.25, -0.2) is 9.79 Å². The van der Waals surface area contributed by atoms with Gasteiger partial charge in [0.15, 0.2) is 5.82 Å². The summed E-state index contributed by atoms with van der Waals surface area (Å²) in [6.45, 7) is 7.16. The van der Waals surface area contributed by atoms with E-state index in [1.807, 2.05) is 36.1 Å². The van der Waals surface area contributed by atoms with Gasteiger partial charge < -0.3 is 9.64 Å². The summed E-state index contributed by atoms with van der Waals surface area (Å²) in [5.41, 5.74) is 0.535. The number of aliphatic imine (C=N–C) groups is 1. The second-order valence-corrected chi connectivity index (χ2v) is 8.87. The van der Waals surface area contributed by atoms with Crippen LogP contribution in [0, 0.1) is 5.92 Å². The van der Waals surface area contributed by atoms with Crippen LogP contribution in [0.4, 0.5) is 11.5 Å². The minimum absolute atomic E-state index is 0.220. The van der Waals surface area contributed by atoms with E-state index in [0.717, 1.165) is 17.9 Å². The van der Waals surface area contributed by atoms with Gasteiger partial charge in [0.25, 0.3) is 5.56 Å². The van der Waals surface area contributed by atoms with Crippen LogP contribution < -0.4 is 16.1 Å². The molecule has 1 fully saturated rings. The molecule has 0 amide bonds. The van der Waals surface area contributed by atoms with Crippen molar-refractivity contribution < 1.29 is 4.74 Å². The second-order valence-electron chi connectivity index (χ2n) is 8.43. The Labute approximate surface area is 194 Å². The lowest BCUT2D eigenvalue weighted by Gasteiger charge is -2.27. The Morgan fingerprint density at radius 2 is 1.91 bits per heavy atom. The number of anilines is 1. The number of rotatable bonds is 11. The van der Waals surface area contributed by atoms with E-state index in [-0.39, 0.29) is 18.1 Å². The summed E-state index contributed by atoms with van der Waals surface area (Å²) in [6.07, 6.45) is 6.84. The summed E-state index contributed by atoms with van der Waals surface area (Å²) in [4.78, 5) is 32.0. The molecule has 1 aromatic heterocycles. The van der Waals surface area contributed by atoms with Crippen LogP contribution in [0.2, 0.25) is 5.02 Å². The van der Waals surface area contributed by atoms with E-state index in [9.17, 15) is 9.59 Å². The number of hydrogen-bond donors (Lipinski definition) is 0. The largest absolute Gasteiger partial charge is 0.361 e. The molecule has 7 nitrogen and oxygen atoms in total. The number of benzene rings is 1. The summed E-state index contributed by atoms with van der Waals surface area (Å²) >= 11 is 6.04. The zero-order valence-corrected chi connectivity index (χ0v) is 19.8. The normalized spacial score (nSPS) is 14.1. The van der Waals surface area contributed by atoms with Crippen LogP contribution in [0.1, 0.15) is 51.0 Å². The van der Waals surface area contributed by atoms with Crippen molar-refractivity contribution in [1.29, 1.82) is 0 Å². The molecule has 0 radical (unpaired) electrons. The Bertz CT molecular complexity index is 1020. The van der Waals surface area contributed by atoms with Gasteiger partial charge in [-0.1, -0.05) is 56.3 Å². The fourth-order valence-electron chi connectivity index (χ4n) is 4.34. The summed E-state index contributed by atoms with van der Waals surface area (Å²) in [5.74, 6) is 0.977. The third-order valence-electron chi connectivity index (χ3n) is 6.09. The van der Waals surface area contributed by atoms with Crippen LogP contribution in [0.3, 0.4) is 0 Å². The minimum atomic E-state index is -0.392. The molecule has 0 saturated heterocycles. The number of halogens is 1. The van der Waals surface area contributed by atoms with E-state index in [1.54, 1.807) is 7.05 Å². The Hall–Kier alpha value is -2.38. The molecule has 0 atom stereocenters. The molecule has 0 aliphatic heterocycles. The number of aromatic nitrogens is 2. The fourth-order valence-corrected chi connectivity index (χ4v) is 4.47. The highest BCUT2D eigenvalue weighted by Crippen LogP contribution is 2.28. The molecule has 0 unspecified atom stereocenters. The summed E-state index contributed by atoms with van der Waals surface area (Å²) in [6, 6.07) is 7.47. The van der Waals surface area contributed by atoms with E-state index in [4.69, 9.17) is 16.3 Å². The van der Waals surface area contributed by atoms with Gasteiger partial charge in [-0.3, -0.25) is 13.9 Å². The van der Waals surface area contributed by atoms with Crippen LogP contribution >= 0.6 is 11.6 Å². The van der Waals surface area contributed by atoms with Gasteiger partial charge in [0, 0.05) is 31.8 Å². The van der Waals surface area contributed by atoms with Crippen molar-refractivity contribution in [2.45, 2.75) is 58.5 Å². The molecule has 0 spiro atoms. The van der Waals surface area contributed by atoms with Crippen LogP contribution in [-0.2, 0) is 24.9 Å². The molecule has 1 aliphatic rings. The van der Waals surface area contributed by atoms with Gasteiger partial charge in [0.1, 0.15) is 12.4 Å². The predicted molar refractivity (Wildman–Crippen MR) is 130 cm³/mol. The Morgan fingerprint density at radius 1 is 1.22 bits per heavy atom. The van der Waals surface area contributed by atoms with Crippen molar-refractivity contribution in [2.24, 2.45) is 18.0 Å². The van der Waals surface area contributed by atoms with Gasteiger partial charge in [-0.15, -0.1) is 0 Å². The van der Waals surface area contributed by atoms with E-state index in [2.05, 4.69) is 11.7 Å². The summed E-state index contributed by atoms with van der Waals surface area (Å²) < 4.78 is 8.68. The van der Waals surface area contributed by atoms with Gasteiger partial charge >= 0.3 is 5.69 Å². The first-order valence-corrected chi connectivity index (χ1v) is 11.7. The maximum atomic E-state index is 13.4. The van der Waals surface area contributed by atoms with E-state index < -0.39 is 5.69 Å². The summed E-state index contributed by atoms with van der Waals surface area (Å²) in [5, 5.41) is 0.647. The maximum absolute atomic E-state index is 13.4. The topological polar surface area (TPSA) is 68.8 Å². The molecule has 8 heteroatoms. The van der Waals surface area contributed by atoms with Crippen molar-refractivity contribution in [3.63, 3.8) is 0 Å². The molecule has 174 valence electrons. The maximum Gasteiger partial charge on any atom is 0.332 e. The van der Waals surface area contributed by atoms with Crippen molar-refractivity contribution in [2.75, 3.05) is 18.2 Å². The Morgan fingerprint density at radius 3 is 2.53 bits per heavy atom. The van der Waals surface area contributed by atoms with Crippen LogP contribution in [-0.4, -0.2) is 29.2 Å². The Balaban J connectivity index is 1.93. The average molecular weight is 461 g/mol. The minimum Gasteiger partial charge on any atom is -0.361 e. The smallest absolute Gasteiger partial charge is 0.332 e. The Kier molecular flexibility index (Phi) is 8.70. The third kappa shape index (κ3) is 5.70. The summed E-state index contributed by atoms with van der Waals surface area (Å²) in [7, 11) is 1.61. The number of hydrogen-bond acceptors (Lipinski definition) is 5. The average Bonchev–Trinajstić information content (AvgIpc) is 3.31. The molecule has 1 aliphatic carbocycles. The van der Waals surface area contributed by atoms with Crippen molar-refractivity contribution in [3.8, 4) is 0 Å². The standard InChI is InChI=1S/C24H33ClN4O3/c1-4-14-29-23(30)21(22(26-2)27(3)24(29)31)28(16-19-9-11-20(25)12-10-19)17-32-15-13-18-7-5-6-8-18/h9-12,18H,2,4-8,13-17H2,1,3H3. The highest BCUT2D eigenvalue weighted by atomic mass is 35.5. The highest BCUT2D eigenvalue weighted by Gasteiger charge is 2.23. The monoisotopic (exact) mass is 460 g/mol. The van der Waals surface area contributed by atoms with Gasteiger partial charge in [-0.05, 0) is 43.2 Å². The first kappa shape index (κ1) is 24.3. The number of nitrogens with zero attached hydrogens (tertiary/aromatic N) is 4. The molecular weight excluding hydrogens is 428 g/mol. The zero-order chi connectivity index (χ0) is 23.1. The molecule has 32 heavy (non-hydrogen) atoms. The lowest BCUT2D eigenvalue weighted by Crippen LogP contribution is -2.43. The number of ether oxygens (including phenoxy) is 1. The molecule has 2 aromatic rings. The van der Waals surface area contributed by atoms with E-state index >= 15 is 0 Å². The van der Waals surface area contributed by atoms with Crippen molar-refractivity contribution in [1.82, 2.24) is 9.13 Å². The molecule has 0 bridgehead atoms. The van der Waals surface area contributed by atoms with Crippen LogP contribution in [0.5, 0.6) is 0 Å². The predicted octanol–water partition coefficient (Wildman–Crippen LogP) is 4.50.